The SMILES string of the molecule is CCC1(O)O[C@H](CO)[C@@H](O)[C@H](O)[C@H]1O.CCCCCCCCCCCCCCCCCC(=O)O.CCCCCCCCCCCCCCCCCC(=O)O. The summed E-state index contributed by atoms with van der Waals surface area (Å²) in [6.07, 6.45) is 34.9. The average molecular weight is 777 g/mol. The molecule has 7 N–H and O–H groups in total. The van der Waals surface area contributed by atoms with Gasteiger partial charge in [0.05, 0.1) is 6.61 Å². The summed E-state index contributed by atoms with van der Waals surface area (Å²) in [5.74, 6) is -3.22. The minimum atomic E-state index is -1.91. The fourth-order valence-electron chi connectivity index (χ4n) is 6.81. The van der Waals surface area contributed by atoms with Gasteiger partial charge in [-0.2, -0.15) is 0 Å². The van der Waals surface area contributed by atoms with Crippen molar-refractivity contribution in [1.29, 1.82) is 0 Å². The summed E-state index contributed by atoms with van der Waals surface area (Å²) in [6.45, 7) is 5.56. The molecule has 1 saturated heterocycles. The fourth-order valence-corrected chi connectivity index (χ4v) is 6.81. The molecule has 0 aromatic heterocycles. The molecule has 1 unspecified atom stereocenters. The minimum absolute atomic E-state index is 0.0500. The maximum absolute atomic E-state index is 10.3. The van der Waals surface area contributed by atoms with E-state index in [2.05, 4.69) is 13.8 Å². The molecule has 324 valence electrons. The fraction of sp³-hybridized carbons (Fsp3) is 0.955. The van der Waals surface area contributed by atoms with Gasteiger partial charge in [0.1, 0.15) is 24.4 Å². The molecule has 10 heteroatoms. The van der Waals surface area contributed by atoms with Crippen LogP contribution in [0.2, 0.25) is 0 Å². The number of ether oxygens (including phenoxy) is 1. The van der Waals surface area contributed by atoms with Crippen LogP contribution in [0.3, 0.4) is 0 Å². The summed E-state index contributed by atoms with van der Waals surface area (Å²) in [7, 11) is 0. The first kappa shape index (κ1) is 54.8. The van der Waals surface area contributed by atoms with Gasteiger partial charge in [0.25, 0.3) is 0 Å². The summed E-state index contributed by atoms with van der Waals surface area (Å²) < 4.78 is 4.91. The summed E-state index contributed by atoms with van der Waals surface area (Å²) in [5.41, 5.74) is 0. The van der Waals surface area contributed by atoms with Crippen LogP contribution in [-0.2, 0) is 14.3 Å². The van der Waals surface area contributed by atoms with Gasteiger partial charge in [-0.25, -0.2) is 0 Å². The Balaban J connectivity index is 0. The Morgan fingerprint density at radius 1 is 0.463 bits per heavy atom. The van der Waals surface area contributed by atoms with Crippen LogP contribution in [0.5, 0.6) is 0 Å². The van der Waals surface area contributed by atoms with Crippen LogP contribution in [0.1, 0.15) is 233 Å². The van der Waals surface area contributed by atoms with Crippen molar-refractivity contribution in [2.24, 2.45) is 0 Å². The van der Waals surface area contributed by atoms with E-state index in [4.69, 9.17) is 20.1 Å². The van der Waals surface area contributed by atoms with Crippen molar-refractivity contribution in [3.63, 3.8) is 0 Å². The van der Waals surface area contributed by atoms with Crippen LogP contribution < -0.4 is 0 Å². The molecule has 0 saturated carbocycles. The molecule has 1 rings (SSSR count). The third-order valence-electron chi connectivity index (χ3n) is 10.5. The van der Waals surface area contributed by atoms with E-state index in [9.17, 15) is 30.0 Å². The lowest BCUT2D eigenvalue weighted by Crippen LogP contribution is -2.64. The first-order chi connectivity index (χ1) is 26.0. The third-order valence-corrected chi connectivity index (χ3v) is 10.5. The van der Waals surface area contributed by atoms with Crippen LogP contribution in [-0.4, -0.2) is 84.5 Å². The molecule has 0 radical (unpaired) electrons. The summed E-state index contributed by atoms with van der Waals surface area (Å²) in [6, 6.07) is 0. The normalized spacial score (nSPS) is 20.8. The molecule has 1 aliphatic rings. The Morgan fingerprint density at radius 3 is 0.944 bits per heavy atom. The van der Waals surface area contributed by atoms with Crippen LogP contribution in [0.25, 0.3) is 0 Å². The first-order valence-corrected chi connectivity index (χ1v) is 22.5. The van der Waals surface area contributed by atoms with Crippen molar-refractivity contribution in [1.82, 2.24) is 0 Å². The Morgan fingerprint density at radius 2 is 0.722 bits per heavy atom. The van der Waals surface area contributed by atoms with Crippen molar-refractivity contribution in [3.05, 3.63) is 0 Å². The van der Waals surface area contributed by atoms with Crippen molar-refractivity contribution < 1.29 is 50.1 Å². The standard InChI is InChI=1S/2C18H36O2.C8H16O6/c2*1-2-3-4-5-6-7-8-9-10-11-12-13-14-15-16-17-18(19)20;1-2-8(13)7(12)6(11)5(10)4(3-9)14-8/h2*2-17H2,1H3,(H,19,20);4-7,9-13H,2-3H2,1H3/t;;4-,5-,6+,7-,8?/m..1/s1. The van der Waals surface area contributed by atoms with Gasteiger partial charge in [-0.3, -0.25) is 9.59 Å². The molecule has 10 nitrogen and oxygen atoms in total. The largest absolute Gasteiger partial charge is 0.481 e. The molecule has 0 spiro atoms. The minimum Gasteiger partial charge on any atom is -0.481 e. The number of aliphatic carboxylic acids is 2. The summed E-state index contributed by atoms with van der Waals surface area (Å²) >= 11 is 0. The lowest BCUT2D eigenvalue weighted by Gasteiger charge is -2.45. The van der Waals surface area contributed by atoms with E-state index in [0.717, 1.165) is 25.7 Å². The van der Waals surface area contributed by atoms with Gasteiger partial charge in [0.2, 0.25) is 0 Å². The van der Waals surface area contributed by atoms with Crippen LogP contribution in [0, 0.1) is 0 Å². The number of unbranched alkanes of at least 4 members (excludes halogenated alkanes) is 28. The lowest BCUT2D eigenvalue weighted by molar-refractivity contribution is -0.349. The Hall–Kier alpha value is -1.30. The Kier molecular flexibility index (Phi) is 40.5. The number of hydrogen-bond donors (Lipinski definition) is 7. The smallest absolute Gasteiger partial charge is 0.303 e. The Bertz CT molecular complexity index is 766. The second-order valence-electron chi connectivity index (χ2n) is 15.7. The molecule has 5 atom stereocenters. The number of carboxylic acid groups (broad SMARTS) is 2. The van der Waals surface area contributed by atoms with Crippen molar-refractivity contribution in [2.45, 2.75) is 263 Å². The molecule has 1 fully saturated rings. The molecule has 1 heterocycles. The van der Waals surface area contributed by atoms with Gasteiger partial charge in [-0.05, 0) is 12.8 Å². The predicted octanol–water partition coefficient (Wildman–Crippen LogP) is 10.2. The number of carbonyl (C=O) groups is 2. The maximum atomic E-state index is 10.3. The number of aliphatic hydroxyl groups excluding tert-OH is 4. The van der Waals surface area contributed by atoms with Gasteiger partial charge in [0.15, 0.2) is 5.79 Å². The number of carboxylic acids is 2. The van der Waals surface area contributed by atoms with E-state index < -0.39 is 48.7 Å². The maximum Gasteiger partial charge on any atom is 0.303 e. The van der Waals surface area contributed by atoms with Crippen LogP contribution in [0.15, 0.2) is 0 Å². The third kappa shape index (κ3) is 34.0. The molecule has 0 aromatic rings. The highest BCUT2D eigenvalue weighted by Crippen LogP contribution is 2.30. The zero-order valence-corrected chi connectivity index (χ0v) is 35.2. The van der Waals surface area contributed by atoms with E-state index in [1.165, 1.54) is 167 Å². The van der Waals surface area contributed by atoms with Gasteiger partial charge in [-0.15, -0.1) is 0 Å². The zero-order chi connectivity index (χ0) is 40.7. The molecule has 0 aromatic carbocycles. The quantitative estimate of drug-likeness (QED) is 0.0310. The van der Waals surface area contributed by atoms with Crippen LogP contribution in [0.4, 0.5) is 0 Å². The molecule has 0 aliphatic carbocycles. The van der Waals surface area contributed by atoms with Crippen molar-refractivity contribution in [2.75, 3.05) is 6.61 Å². The lowest BCUT2D eigenvalue weighted by atomic mass is 9.91. The van der Waals surface area contributed by atoms with E-state index >= 15 is 0 Å². The molecule has 0 amide bonds. The summed E-state index contributed by atoms with van der Waals surface area (Å²) in [5, 5.41) is 63.6. The highest BCUT2D eigenvalue weighted by Gasteiger charge is 2.51. The number of hydrogen-bond acceptors (Lipinski definition) is 8. The number of aliphatic hydroxyl groups is 5. The monoisotopic (exact) mass is 777 g/mol. The van der Waals surface area contributed by atoms with Crippen molar-refractivity contribution in [3.8, 4) is 0 Å². The highest BCUT2D eigenvalue weighted by molar-refractivity contribution is 5.66. The van der Waals surface area contributed by atoms with E-state index in [1.54, 1.807) is 6.92 Å². The molecular formula is C44H88O10. The van der Waals surface area contributed by atoms with Gasteiger partial charge < -0.3 is 40.5 Å². The van der Waals surface area contributed by atoms with Gasteiger partial charge in [0, 0.05) is 19.3 Å². The number of rotatable bonds is 34. The second kappa shape index (κ2) is 39.9. The average Bonchev–Trinajstić information content (AvgIpc) is 3.15. The molecular weight excluding hydrogens is 688 g/mol. The highest BCUT2D eigenvalue weighted by atomic mass is 16.7. The van der Waals surface area contributed by atoms with E-state index in [1.807, 2.05) is 0 Å². The summed E-state index contributed by atoms with van der Waals surface area (Å²) in [4.78, 5) is 20.7. The van der Waals surface area contributed by atoms with Gasteiger partial charge in [-0.1, -0.05) is 201 Å². The van der Waals surface area contributed by atoms with Gasteiger partial charge >= 0.3 is 11.9 Å². The Labute approximate surface area is 330 Å². The molecule has 54 heavy (non-hydrogen) atoms. The zero-order valence-electron chi connectivity index (χ0n) is 35.2. The topological polar surface area (TPSA) is 185 Å². The molecule has 0 bridgehead atoms. The van der Waals surface area contributed by atoms with Crippen LogP contribution >= 0.6 is 0 Å². The van der Waals surface area contributed by atoms with Crippen molar-refractivity contribution >= 4 is 11.9 Å². The van der Waals surface area contributed by atoms with E-state index in [0.29, 0.717) is 12.8 Å². The predicted molar refractivity (Wildman–Crippen MR) is 220 cm³/mol. The molecule has 1 aliphatic heterocycles. The first-order valence-electron chi connectivity index (χ1n) is 22.5. The van der Waals surface area contributed by atoms with E-state index in [-0.39, 0.29) is 6.42 Å². The second-order valence-corrected chi connectivity index (χ2v) is 15.7.